The van der Waals surface area contributed by atoms with Gasteiger partial charge in [0.1, 0.15) is 0 Å². The maximum absolute atomic E-state index is 5.03. The molecule has 0 fully saturated rings. The lowest BCUT2D eigenvalue weighted by molar-refractivity contribution is 0.0601. The summed E-state index contributed by atoms with van der Waals surface area (Å²) in [6.45, 7) is 0.211. The van der Waals surface area contributed by atoms with Crippen molar-refractivity contribution in [3.63, 3.8) is 0 Å². The fraction of sp³-hybridized carbons (Fsp3) is 0.167. The second kappa shape index (κ2) is 3.57. The molecule has 0 bridgehead atoms. The number of aromatic nitrogens is 6. The topological polar surface area (TPSA) is 78.6 Å². The Hall–Kier alpha value is -2.05. The van der Waals surface area contributed by atoms with Crippen molar-refractivity contribution in [3.05, 3.63) is 30.6 Å². The number of nitrogens with zero attached hydrogens (tertiary/aromatic N) is 6. The molecule has 2 aromatic heterocycles. The Morgan fingerprint density at radius 3 is 2.92 bits per heavy atom. The second-order valence-electron chi connectivity index (χ2n) is 2.09. The minimum atomic E-state index is 0.211. The molecule has 0 aliphatic rings. The van der Waals surface area contributed by atoms with E-state index in [1.165, 1.54) is 0 Å². The van der Waals surface area contributed by atoms with Crippen molar-refractivity contribution < 1.29 is 4.84 Å². The normalized spacial score (nSPS) is 9.85. The van der Waals surface area contributed by atoms with Crippen LogP contribution in [0, 0.1) is 6.33 Å². The fourth-order valence-corrected chi connectivity index (χ4v) is 0.713. The SMILES string of the molecule is [c]1nnnn1OCc1ncccn1. The smallest absolute Gasteiger partial charge is 0.264 e. The van der Waals surface area contributed by atoms with Gasteiger partial charge in [-0.1, -0.05) is 4.85 Å². The molecule has 0 N–H and O–H groups in total. The summed E-state index contributed by atoms with van der Waals surface area (Å²) in [6.07, 6.45) is 5.64. The van der Waals surface area contributed by atoms with Gasteiger partial charge in [-0.15, -0.1) is 5.10 Å². The summed E-state index contributed by atoms with van der Waals surface area (Å²) in [5.41, 5.74) is 0. The van der Waals surface area contributed by atoms with E-state index in [0.717, 1.165) is 4.85 Å². The third-order valence-electron chi connectivity index (χ3n) is 1.23. The van der Waals surface area contributed by atoms with Crippen LogP contribution in [0.4, 0.5) is 0 Å². The van der Waals surface area contributed by atoms with E-state index in [-0.39, 0.29) is 6.61 Å². The first kappa shape index (κ1) is 7.59. The monoisotopic (exact) mass is 177 g/mol. The van der Waals surface area contributed by atoms with Crippen molar-refractivity contribution in [1.82, 2.24) is 30.3 Å². The Kier molecular flexibility index (Phi) is 2.08. The Morgan fingerprint density at radius 1 is 1.38 bits per heavy atom. The van der Waals surface area contributed by atoms with Crippen LogP contribution < -0.4 is 4.84 Å². The minimum Gasteiger partial charge on any atom is -0.385 e. The molecule has 2 aromatic rings. The minimum absolute atomic E-state index is 0.211. The number of hydrogen-bond acceptors (Lipinski definition) is 6. The van der Waals surface area contributed by atoms with Crippen LogP contribution in [-0.4, -0.2) is 30.3 Å². The number of hydrogen-bond donors (Lipinski definition) is 0. The molecule has 0 aromatic carbocycles. The van der Waals surface area contributed by atoms with Crippen molar-refractivity contribution in [2.45, 2.75) is 6.61 Å². The largest absolute Gasteiger partial charge is 0.385 e. The highest BCUT2D eigenvalue weighted by atomic mass is 16.7. The fourth-order valence-electron chi connectivity index (χ4n) is 0.713. The van der Waals surface area contributed by atoms with Crippen molar-refractivity contribution in [2.24, 2.45) is 0 Å². The second-order valence-corrected chi connectivity index (χ2v) is 2.09. The molecule has 13 heavy (non-hydrogen) atoms. The summed E-state index contributed by atoms with van der Waals surface area (Å²) in [7, 11) is 0. The molecule has 0 spiro atoms. The predicted octanol–water partition coefficient (Wildman–Crippen LogP) is -1.11. The van der Waals surface area contributed by atoms with E-state index in [2.05, 4.69) is 31.8 Å². The lowest BCUT2D eigenvalue weighted by Crippen LogP contribution is -2.13. The molecule has 0 saturated carbocycles. The summed E-state index contributed by atoms with van der Waals surface area (Å²) >= 11 is 0. The summed E-state index contributed by atoms with van der Waals surface area (Å²) in [5.74, 6) is 0.561. The Morgan fingerprint density at radius 2 is 2.23 bits per heavy atom. The van der Waals surface area contributed by atoms with Gasteiger partial charge >= 0.3 is 0 Å². The molecule has 1 radical (unpaired) electrons. The lowest BCUT2D eigenvalue weighted by Gasteiger charge is -1.99. The zero-order valence-corrected chi connectivity index (χ0v) is 6.53. The molecule has 65 valence electrons. The van der Waals surface area contributed by atoms with Crippen LogP contribution in [0.3, 0.4) is 0 Å². The van der Waals surface area contributed by atoms with Gasteiger partial charge < -0.3 is 4.84 Å². The highest BCUT2D eigenvalue weighted by Gasteiger charge is 1.97. The molecular formula is C6H5N6O. The third-order valence-corrected chi connectivity index (χ3v) is 1.23. The Balaban J connectivity index is 1.94. The summed E-state index contributed by atoms with van der Waals surface area (Å²) in [5, 5.41) is 10.1. The molecule has 7 heteroatoms. The summed E-state index contributed by atoms with van der Waals surface area (Å²) < 4.78 is 0. The van der Waals surface area contributed by atoms with E-state index in [1.807, 2.05) is 0 Å². The summed E-state index contributed by atoms with van der Waals surface area (Å²) in [6, 6.07) is 1.73. The van der Waals surface area contributed by atoms with Gasteiger partial charge in [-0.25, -0.2) is 9.97 Å². The van der Waals surface area contributed by atoms with Gasteiger partial charge in [-0.3, -0.25) is 0 Å². The molecular weight excluding hydrogens is 172 g/mol. The molecule has 0 aliphatic carbocycles. The van der Waals surface area contributed by atoms with E-state index < -0.39 is 0 Å². The van der Waals surface area contributed by atoms with Crippen LogP contribution in [0.25, 0.3) is 0 Å². The van der Waals surface area contributed by atoms with E-state index >= 15 is 0 Å². The van der Waals surface area contributed by atoms with E-state index in [1.54, 1.807) is 18.5 Å². The molecule has 7 nitrogen and oxygen atoms in total. The van der Waals surface area contributed by atoms with E-state index in [9.17, 15) is 0 Å². The van der Waals surface area contributed by atoms with Crippen LogP contribution in [0.5, 0.6) is 0 Å². The first-order valence-electron chi connectivity index (χ1n) is 3.50. The van der Waals surface area contributed by atoms with E-state index in [0.29, 0.717) is 5.82 Å². The Labute approximate surface area is 73.3 Å². The lowest BCUT2D eigenvalue weighted by atomic mass is 10.6. The van der Waals surface area contributed by atoms with Crippen LogP contribution >= 0.6 is 0 Å². The van der Waals surface area contributed by atoms with Gasteiger partial charge in [-0.2, -0.15) is 0 Å². The zero-order chi connectivity index (χ0) is 8.93. The molecule has 2 rings (SSSR count). The van der Waals surface area contributed by atoms with Gasteiger partial charge in [-0.05, 0) is 16.5 Å². The third kappa shape index (κ3) is 1.95. The molecule has 0 saturated heterocycles. The predicted molar refractivity (Wildman–Crippen MR) is 39.0 cm³/mol. The van der Waals surface area contributed by atoms with Gasteiger partial charge in [0.25, 0.3) is 6.33 Å². The molecule has 0 unspecified atom stereocenters. The molecule has 0 aliphatic heterocycles. The molecule has 2 heterocycles. The first-order chi connectivity index (χ1) is 6.45. The van der Waals surface area contributed by atoms with Crippen LogP contribution in [0.15, 0.2) is 18.5 Å². The van der Waals surface area contributed by atoms with Gasteiger partial charge in [0.15, 0.2) is 12.4 Å². The Bertz CT molecular complexity index is 347. The maximum Gasteiger partial charge on any atom is 0.264 e. The van der Waals surface area contributed by atoms with Gasteiger partial charge in [0, 0.05) is 12.4 Å². The van der Waals surface area contributed by atoms with E-state index in [4.69, 9.17) is 4.84 Å². The van der Waals surface area contributed by atoms with Crippen molar-refractivity contribution in [1.29, 1.82) is 0 Å². The zero-order valence-electron chi connectivity index (χ0n) is 6.53. The quantitative estimate of drug-likeness (QED) is 0.591. The maximum atomic E-state index is 5.03. The van der Waals surface area contributed by atoms with Gasteiger partial charge in [0.2, 0.25) is 0 Å². The number of tetrazole rings is 1. The average molecular weight is 177 g/mol. The first-order valence-corrected chi connectivity index (χ1v) is 3.50. The summed E-state index contributed by atoms with van der Waals surface area (Å²) in [4.78, 5) is 13.9. The van der Waals surface area contributed by atoms with Crippen LogP contribution in [0.2, 0.25) is 0 Å². The molecule has 0 amide bonds. The van der Waals surface area contributed by atoms with Crippen LogP contribution in [-0.2, 0) is 6.61 Å². The van der Waals surface area contributed by atoms with Crippen molar-refractivity contribution >= 4 is 0 Å². The van der Waals surface area contributed by atoms with Gasteiger partial charge in [0.05, 0.1) is 0 Å². The average Bonchev–Trinajstić information content (AvgIpc) is 2.69. The number of rotatable bonds is 3. The van der Waals surface area contributed by atoms with Crippen molar-refractivity contribution in [3.8, 4) is 0 Å². The highest BCUT2D eigenvalue weighted by Crippen LogP contribution is 1.87. The highest BCUT2D eigenvalue weighted by molar-refractivity contribution is 4.86. The van der Waals surface area contributed by atoms with Crippen molar-refractivity contribution in [2.75, 3.05) is 0 Å². The molecule has 0 atom stereocenters. The van der Waals surface area contributed by atoms with Crippen LogP contribution in [0.1, 0.15) is 5.82 Å². The standard InChI is InChI=1S/C6H5N6O/c1-2-7-6(8-3-1)4-13-12-5-9-10-11-12/h1-3H,4H2.